The van der Waals surface area contributed by atoms with Gasteiger partial charge in [-0.05, 0) is 94.5 Å². The van der Waals surface area contributed by atoms with E-state index in [1.807, 2.05) is 0 Å². The van der Waals surface area contributed by atoms with Gasteiger partial charge in [0.2, 0.25) is 0 Å². The van der Waals surface area contributed by atoms with Crippen LogP contribution in [0.5, 0.6) is 0 Å². The zero-order valence-electron chi connectivity index (χ0n) is 26.7. The number of hydrogen-bond donors (Lipinski definition) is 2. The summed E-state index contributed by atoms with van der Waals surface area (Å²) in [6.07, 6.45) is 3.96. The highest BCUT2D eigenvalue weighted by atomic mass is 16.4. The first-order valence-electron chi connectivity index (χ1n) is 15.0. The molecule has 6 heteroatoms. The Balaban J connectivity index is 0.000000164. The molecule has 0 saturated heterocycles. The minimum absolute atomic E-state index is 0.847. The maximum atomic E-state index is 9.78. The lowest BCUT2D eigenvalue weighted by Crippen LogP contribution is -2.11. The van der Waals surface area contributed by atoms with Crippen molar-refractivity contribution in [2.45, 2.75) is 13.1 Å². The number of benzene rings is 6. The second kappa shape index (κ2) is 16.1. The highest BCUT2D eigenvalue weighted by Crippen LogP contribution is 2.30. The van der Waals surface area contributed by atoms with Crippen LogP contribution in [-0.4, -0.2) is 60.1 Å². The normalized spacial score (nSPS) is 11.3. The van der Waals surface area contributed by atoms with Crippen molar-refractivity contribution in [1.82, 2.24) is 9.80 Å². The van der Waals surface area contributed by atoms with Crippen molar-refractivity contribution < 1.29 is 19.8 Å². The molecule has 0 spiro atoms. The van der Waals surface area contributed by atoms with E-state index in [2.05, 4.69) is 147 Å². The first-order valence-corrected chi connectivity index (χ1v) is 15.0. The van der Waals surface area contributed by atoms with Gasteiger partial charge in [0.05, 0.1) is 0 Å². The fourth-order valence-electron chi connectivity index (χ4n) is 5.46. The summed E-state index contributed by atoms with van der Waals surface area (Å²) < 4.78 is 0. The lowest BCUT2D eigenvalue weighted by atomic mass is 9.96. The molecule has 0 atom stereocenters. The molecule has 0 aliphatic rings. The molecule has 0 aliphatic carbocycles. The van der Waals surface area contributed by atoms with Gasteiger partial charge >= 0.3 is 11.9 Å². The molecular formula is C40H40N2O4. The second-order valence-corrected chi connectivity index (χ2v) is 11.5. The lowest BCUT2D eigenvalue weighted by molar-refractivity contribution is -0.132. The predicted molar refractivity (Wildman–Crippen MR) is 191 cm³/mol. The van der Waals surface area contributed by atoms with Gasteiger partial charge in [-0.15, -0.1) is 0 Å². The van der Waals surface area contributed by atoms with Crippen LogP contribution in [0, 0.1) is 0 Å². The Kier molecular flexibility index (Phi) is 11.8. The second-order valence-electron chi connectivity index (χ2n) is 11.5. The highest BCUT2D eigenvalue weighted by molar-refractivity contribution is 6.03. The van der Waals surface area contributed by atoms with Crippen LogP contribution in [0.15, 0.2) is 133 Å². The SMILES string of the molecule is CN(C)Cc1c2ccccc2cc2ccccc12.CN(C)Cc1c2ccccc2cc2ccccc12.O=C(O)/C=C/C=C/C(=O)O. The third kappa shape index (κ3) is 9.11. The van der Waals surface area contributed by atoms with E-state index in [0.717, 1.165) is 37.4 Å². The predicted octanol–water partition coefficient (Wildman–Crippen LogP) is 8.38. The van der Waals surface area contributed by atoms with Crippen molar-refractivity contribution in [3.63, 3.8) is 0 Å². The van der Waals surface area contributed by atoms with Gasteiger partial charge in [-0.3, -0.25) is 0 Å². The molecule has 6 aromatic rings. The molecule has 46 heavy (non-hydrogen) atoms. The van der Waals surface area contributed by atoms with E-state index < -0.39 is 11.9 Å². The topological polar surface area (TPSA) is 81.1 Å². The monoisotopic (exact) mass is 612 g/mol. The van der Waals surface area contributed by atoms with Gasteiger partial charge in [-0.25, -0.2) is 9.59 Å². The van der Waals surface area contributed by atoms with Crippen LogP contribution in [0.2, 0.25) is 0 Å². The summed E-state index contributed by atoms with van der Waals surface area (Å²) >= 11 is 0. The van der Waals surface area contributed by atoms with Crippen molar-refractivity contribution in [2.24, 2.45) is 0 Å². The van der Waals surface area contributed by atoms with Crippen LogP contribution in [-0.2, 0) is 22.7 Å². The fraction of sp³-hybridized carbons (Fsp3) is 0.150. The first-order chi connectivity index (χ1) is 22.1. The third-order valence-electron chi connectivity index (χ3n) is 7.30. The van der Waals surface area contributed by atoms with Gasteiger partial charge in [-0.2, -0.15) is 0 Å². The Morgan fingerprint density at radius 1 is 0.500 bits per heavy atom. The molecule has 0 aromatic heterocycles. The molecule has 6 aromatic carbocycles. The molecule has 0 amide bonds. The minimum atomic E-state index is -1.10. The van der Waals surface area contributed by atoms with Crippen LogP contribution in [0.4, 0.5) is 0 Å². The summed E-state index contributed by atoms with van der Waals surface area (Å²) in [4.78, 5) is 24.0. The van der Waals surface area contributed by atoms with E-state index in [-0.39, 0.29) is 0 Å². The summed E-state index contributed by atoms with van der Waals surface area (Å²) in [7, 11) is 8.49. The Bertz CT molecular complexity index is 1770. The number of nitrogens with zero attached hydrogens (tertiary/aromatic N) is 2. The number of aliphatic carboxylic acids is 2. The van der Waals surface area contributed by atoms with Crippen LogP contribution < -0.4 is 0 Å². The third-order valence-corrected chi connectivity index (χ3v) is 7.30. The summed E-state index contributed by atoms with van der Waals surface area (Å²) in [6, 6.07) is 39.2. The van der Waals surface area contributed by atoms with Gasteiger partial charge in [0.15, 0.2) is 0 Å². The fourth-order valence-corrected chi connectivity index (χ4v) is 5.46. The van der Waals surface area contributed by atoms with Gasteiger partial charge in [0.25, 0.3) is 0 Å². The largest absolute Gasteiger partial charge is 0.478 e. The van der Waals surface area contributed by atoms with Crippen LogP contribution in [0.3, 0.4) is 0 Å². The Morgan fingerprint density at radius 3 is 1.00 bits per heavy atom. The maximum absolute atomic E-state index is 9.78. The average molecular weight is 613 g/mol. The van der Waals surface area contributed by atoms with Crippen LogP contribution in [0.1, 0.15) is 11.1 Å². The average Bonchev–Trinajstić information content (AvgIpc) is 3.03. The number of fused-ring (bicyclic) bond motifs is 4. The van der Waals surface area contributed by atoms with E-state index in [0.29, 0.717) is 0 Å². The van der Waals surface area contributed by atoms with Gasteiger partial charge in [-0.1, -0.05) is 109 Å². The molecule has 234 valence electrons. The Morgan fingerprint density at radius 2 is 0.761 bits per heavy atom. The van der Waals surface area contributed by atoms with Gasteiger partial charge in [0.1, 0.15) is 0 Å². The van der Waals surface area contributed by atoms with E-state index in [9.17, 15) is 9.59 Å². The van der Waals surface area contributed by atoms with E-state index >= 15 is 0 Å². The number of carbonyl (C=O) groups is 2. The van der Waals surface area contributed by atoms with E-state index in [4.69, 9.17) is 10.2 Å². The van der Waals surface area contributed by atoms with Gasteiger partial charge < -0.3 is 20.0 Å². The minimum Gasteiger partial charge on any atom is -0.478 e. The summed E-state index contributed by atoms with van der Waals surface area (Å²) in [6.45, 7) is 1.95. The van der Waals surface area contributed by atoms with Crippen molar-refractivity contribution >= 4 is 55.0 Å². The number of carboxylic acids is 2. The van der Waals surface area contributed by atoms with Gasteiger partial charge in [0, 0.05) is 25.2 Å². The molecule has 0 heterocycles. The molecule has 0 bridgehead atoms. The van der Waals surface area contributed by atoms with E-state index in [1.165, 1.54) is 54.2 Å². The van der Waals surface area contributed by atoms with Crippen LogP contribution in [0.25, 0.3) is 43.1 Å². The molecule has 0 aliphatic heterocycles. The Hall–Kier alpha value is -5.30. The number of hydrogen-bond acceptors (Lipinski definition) is 4. The molecule has 0 saturated carbocycles. The highest BCUT2D eigenvalue weighted by Gasteiger charge is 2.09. The van der Waals surface area contributed by atoms with Crippen molar-refractivity contribution in [3.05, 3.63) is 145 Å². The number of carboxylic acid groups (broad SMARTS) is 2. The van der Waals surface area contributed by atoms with Crippen molar-refractivity contribution in [3.8, 4) is 0 Å². The Labute approximate surface area is 270 Å². The smallest absolute Gasteiger partial charge is 0.328 e. The molecular weight excluding hydrogens is 572 g/mol. The number of allylic oxidation sites excluding steroid dienone is 2. The summed E-state index contributed by atoms with van der Waals surface area (Å²) in [5.74, 6) is -2.20. The first kappa shape index (κ1) is 33.6. The molecule has 0 unspecified atom stereocenters. The molecule has 6 rings (SSSR count). The standard InChI is InChI=1S/2C17H17N.C6H6O4/c2*1-18(2)12-17-15-9-5-3-7-13(15)11-14-8-4-6-10-16(14)17;7-5(8)3-1-2-4-6(9)10/h2*3-11H,12H2,1-2H3;1-4H,(H,7,8)(H,9,10)/b;;3-1+,4-2+. The quantitative estimate of drug-likeness (QED) is 0.107. The summed E-state index contributed by atoms with van der Waals surface area (Å²) in [5.41, 5.74) is 2.85. The molecule has 2 N–H and O–H groups in total. The molecule has 6 nitrogen and oxygen atoms in total. The van der Waals surface area contributed by atoms with Crippen molar-refractivity contribution in [1.29, 1.82) is 0 Å². The molecule has 0 fully saturated rings. The number of rotatable bonds is 7. The zero-order valence-corrected chi connectivity index (χ0v) is 26.7. The van der Waals surface area contributed by atoms with Crippen molar-refractivity contribution in [2.75, 3.05) is 28.2 Å². The zero-order chi connectivity index (χ0) is 33.1. The lowest BCUT2D eigenvalue weighted by Gasteiger charge is -2.15. The maximum Gasteiger partial charge on any atom is 0.328 e. The van der Waals surface area contributed by atoms with Crippen LogP contribution >= 0.6 is 0 Å². The molecule has 0 radical (unpaired) electrons. The summed E-state index contributed by atoms with van der Waals surface area (Å²) in [5, 5.41) is 26.8. The van der Waals surface area contributed by atoms with E-state index in [1.54, 1.807) is 0 Å².